The Kier molecular flexibility index (Phi) is 14.9. The van der Waals surface area contributed by atoms with E-state index in [-0.39, 0.29) is 0 Å². The minimum absolute atomic E-state index is 0.685. The van der Waals surface area contributed by atoms with Crippen molar-refractivity contribution in [3.05, 3.63) is 91.6 Å². The van der Waals surface area contributed by atoms with Gasteiger partial charge in [0.25, 0.3) is 0 Å². The van der Waals surface area contributed by atoms with Gasteiger partial charge in [0.15, 0.2) is 0 Å². The Labute approximate surface area is 169 Å². The molecule has 1 aromatic rings. The maximum atomic E-state index is 3.63. The summed E-state index contributed by atoms with van der Waals surface area (Å²) < 4.78 is 0. The molecule has 0 aliphatic heterocycles. The zero-order valence-electron chi connectivity index (χ0n) is 18.1. The van der Waals surface area contributed by atoms with Crippen molar-refractivity contribution >= 4 is 6.08 Å². The fraction of sp³-hybridized carbons (Fsp3) is 0.407. The summed E-state index contributed by atoms with van der Waals surface area (Å²) >= 11 is 0. The molecule has 0 heteroatoms. The Morgan fingerprint density at radius 2 is 1.41 bits per heavy atom. The smallest absolute Gasteiger partial charge is 0.00756 e. The van der Waals surface area contributed by atoms with Crippen LogP contribution in [-0.4, -0.2) is 0 Å². The van der Waals surface area contributed by atoms with Gasteiger partial charge in [-0.3, -0.25) is 0 Å². The summed E-state index contributed by atoms with van der Waals surface area (Å²) in [5.74, 6) is 3.60. The zero-order valence-corrected chi connectivity index (χ0v) is 18.1. The molecule has 3 aliphatic carbocycles. The summed E-state index contributed by atoms with van der Waals surface area (Å²) in [6.45, 7) is 17.4. The van der Waals surface area contributed by atoms with Gasteiger partial charge >= 0.3 is 0 Å². The number of fused-ring (bicyclic) bond motifs is 2. The Balaban J connectivity index is 0.000000339. The highest BCUT2D eigenvalue weighted by atomic mass is 14.4. The molecule has 0 amide bonds. The maximum Gasteiger partial charge on any atom is -0.00756 e. The second-order valence-electron chi connectivity index (χ2n) is 6.91. The predicted molar refractivity (Wildman–Crippen MR) is 126 cm³/mol. The van der Waals surface area contributed by atoms with Crippen molar-refractivity contribution in [2.75, 3.05) is 0 Å². The maximum absolute atomic E-state index is 3.63. The second kappa shape index (κ2) is 16.1. The van der Waals surface area contributed by atoms with Gasteiger partial charge < -0.3 is 0 Å². The molecule has 3 atom stereocenters. The molecule has 2 bridgehead atoms. The van der Waals surface area contributed by atoms with Crippen LogP contribution in [0.4, 0.5) is 0 Å². The van der Waals surface area contributed by atoms with Crippen molar-refractivity contribution in [3.8, 4) is 0 Å². The van der Waals surface area contributed by atoms with Crippen LogP contribution in [0, 0.1) is 23.7 Å². The average molecular weight is 365 g/mol. The third-order valence-electron chi connectivity index (χ3n) is 4.59. The fourth-order valence-corrected chi connectivity index (χ4v) is 3.19. The largest absolute Gasteiger partial charge is 0.103 e. The van der Waals surface area contributed by atoms with E-state index >= 15 is 0 Å². The van der Waals surface area contributed by atoms with Crippen LogP contribution >= 0.6 is 0 Å². The van der Waals surface area contributed by atoms with Crippen molar-refractivity contribution in [3.63, 3.8) is 0 Å². The van der Waals surface area contributed by atoms with Crippen LogP contribution in [0.5, 0.6) is 0 Å². The van der Waals surface area contributed by atoms with Gasteiger partial charge in [-0.25, -0.2) is 0 Å². The van der Waals surface area contributed by atoms with Crippen LogP contribution in [0.1, 0.15) is 53.0 Å². The molecule has 27 heavy (non-hydrogen) atoms. The van der Waals surface area contributed by atoms with Gasteiger partial charge in [0.1, 0.15) is 0 Å². The average Bonchev–Trinajstić information content (AvgIpc) is 3.44. The van der Waals surface area contributed by atoms with E-state index in [9.17, 15) is 0 Å². The normalized spacial score (nSPS) is 22.8. The van der Waals surface area contributed by atoms with Gasteiger partial charge in [-0.1, -0.05) is 113 Å². The number of rotatable bonds is 1. The molecular formula is C27H40. The van der Waals surface area contributed by atoms with Crippen LogP contribution in [-0.2, 0) is 0 Å². The van der Waals surface area contributed by atoms with Gasteiger partial charge in [0, 0.05) is 0 Å². The lowest BCUT2D eigenvalue weighted by molar-refractivity contribution is 0.493. The van der Waals surface area contributed by atoms with Crippen LogP contribution in [0.15, 0.2) is 86.0 Å². The predicted octanol–water partition coefficient (Wildman–Crippen LogP) is 8.52. The van der Waals surface area contributed by atoms with Crippen LogP contribution in [0.25, 0.3) is 6.08 Å². The Bertz CT molecular complexity index is 561. The Morgan fingerprint density at radius 1 is 0.852 bits per heavy atom. The third kappa shape index (κ3) is 11.3. The topological polar surface area (TPSA) is 0 Å². The minimum atomic E-state index is 0.685. The first-order valence-corrected chi connectivity index (χ1v) is 10.4. The monoisotopic (exact) mass is 364 g/mol. The van der Waals surface area contributed by atoms with Crippen molar-refractivity contribution in [2.24, 2.45) is 23.7 Å². The lowest BCUT2D eigenvalue weighted by Crippen LogP contribution is -1.99. The third-order valence-corrected chi connectivity index (χ3v) is 4.59. The summed E-state index contributed by atoms with van der Waals surface area (Å²) in [7, 11) is 0. The van der Waals surface area contributed by atoms with E-state index in [2.05, 4.69) is 63.5 Å². The van der Waals surface area contributed by atoms with Crippen LogP contribution in [0.3, 0.4) is 0 Å². The molecule has 0 saturated heterocycles. The summed E-state index contributed by atoms with van der Waals surface area (Å²) in [6, 6.07) is 10.0. The molecule has 148 valence electrons. The van der Waals surface area contributed by atoms with Gasteiger partial charge in [-0.15, -0.1) is 6.58 Å². The molecule has 0 aromatic heterocycles. The highest BCUT2D eigenvalue weighted by Crippen LogP contribution is 2.42. The number of benzene rings is 1. The first-order valence-electron chi connectivity index (χ1n) is 10.4. The van der Waals surface area contributed by atoms with Crippen molar-refractivity contribution < 1.29 is 0 Å². The van der Waals surface area contributed by atoms with Gasteiger partial charge in [0.05, 0.1) is 0 Å². The number of hydrogen-bond donors (Lipinski definition) is 0. The van der Waals surface area contributed by atoms with E-state index in [4.69, 9.17) is 0 Å². The van der Waals surface area contributed by atoms with Crippen molar-refractivity contribution in [1.82, 2.24) is 0 Å². The number of allylic oxidation sites excluding steroid dienone is 7. The van der Waals surface area contributed by atoms with Gasteiger partial charge in [-0.2, -0.15) is 0 Å². The molecule has 1 aromatic carbocycles. The quantitative estimate of drug-likeness (QED) is 0.438. The lowest BCUT2D eigenvalue weighted by Gasteiger charge is -2.09. The van der Waals surface area contributed by atoms with Crippen molar-refractivity contribution in [2.45, 2.75) is 47.5 Å². The van der Waals surface area contributed by atoms with E-state index < -0.39 is 0 Å². The summed E-state index contributed by atoms with van der Waals surface area (Å²) in [4.78, 5) is 0. The van der Waals surface area contributed by atoms with Crippen LogP contribution < -0.4 is 0 Å². The van der Waals surface area contributed by atoms with Crippen LogP contribution in [0.2, 0.25) is 0 Å². The molecule has 0 nitrogen and oxygen atoms in total. The molecule has 4 rings (SSSR count). The highest BCUT2D eigenvalue weighted by molar-refractivity contribution is 5.45. The molecule has 0 spiro atoms. The standard InChI is InChI=1S/C8H12.C8H8.C6H8.C3H6.C2H6/c1-6-4-7-2-3-8(6)5-7;1-2-8-6-4-3-5-7-8;1-6-4-2-3-5-6;1-3-2;1-2/h2-3,6-8H,4-5H2,1H3;2-7H,1H2;2-6H,1H3;3H,1H2,2H3;1-2H3. The van der Waals surface area contributed by atoms with Crippen molar-refractivity contribution in [1.29, 1.82) is 0 Å². The Morgan fingerprint density at radius 3 is 1.63 bits per heavy atom. The first kappa shape index (κ1) is 24.9. The molecule has 0 heterocycles. The summed E-state index contributed by atoms with van der Waals surface area (Å²) in [6.07, 6.45) is 19.8. The lowest BCUT2D eigenvalue weighted by atomic mass is 9.96. The SMILES string of the molecule is C=CC.C=Cc1ccccc1.CC.CC1C=CC=C1.CC1CC2C=CC1C2. The van der Waals surface area contributed by atoms with Gasteiger partial charge in [0.2, 0.25) is 0 Å². The fourth-order valence-electron chi connectivity index (χ4n) is 3.19. The van der Waals surface area contributed by atoms with E-state index in [1.807, 2.05) is 57.2 Å². The molecule has 1 fully saturated rings. The molecule has 3 aliphatic rings. The van der Waals surface area contributed by atoms with Gasteiger partial charge in [-0.05, 0) is 49.0 Å². The summed E-state index contributed by atoms with van der Waals surface area (Å²) in [5, 5.41) is 0. The highest BCUT2D eigenvalue weighted by Gasteiger charge is 2.32. The molecule has 0 N–H and O–H groups in total. The second-order valence-corrected chi connectivity index (χ2v) is 6.91. The van der Waals surface area contributed by atoms with E-state index in [1.165, 1.54) is 18.4 Å². The van der Waals surface area contributed by atoms with E-state index in [1.54, 1.807) is 6.08 Å². The summed E-state index contributed by atoms with van der Waals surface area (Å²) in [5.41, 5.74) is 1.17. The molecule has 3 unspecified atom stereocenters. The Hall–Kier alpha value is -2.08. The van der Waals surface area contributed by atoms with E-state index in [0.29, 0.717) is 5.92 Å². The number of hydrogen-bond acceptors (Lipinski definition) is 0. The van der Waals surface area contributed by atoms with E-state index in [0.717, 1.165) is 17.8 Å². The zero-order chi connectivity index (χ0) is 20.5. The molecule has 1 saturated carbocycles. The molecule has 0 radical (unpaired) electrons. The minimum Gasteiger partial charge on any atom is -0.103 e. The molecular weight excluding hydrogens is 324 g/mol. The first-order chi connectivity index (χ1) is 13.1.